The van der Waals surface area contributed by atoms with Crippen molar-refractivity contribution in [1.82, 2.24) is 9.97 Å². The van der Waals surface area contributed by atoms with E-state index in [0.717, 1.165) is 11.4 Å². The van der Waals surface area contributed by atoms with Gasteiger partial charge < -0.3 is 0 Å². The predicted octanol–water partition coefficient (Wildman–Crippen LogP) is 2.32. The summed E-state index contributed by atoms with van der Waals surface area (Å²) in [4.78, 5) is 8.19. The molecule has 0 aromatic carbocycles. The lowest BCUT2D eigenvalue weighted by Gasteiger charge is -1.99. The smallest absolute Gasteiger partial charge is 0.136 e. The van der Waals surface area contributed by atoms with E-state index in [9.17, 15) is 0 Å². The minimum absolute atomic E-state index is 0.639. The van der Waals surface area contributed by atoms with Gasteiger partial charge in [0.25, 0.3) is 0 Å². The Bertz CT molecular complexity index is 281. The van der Waals surface area contributed by atoms with Crippen LogP contribution in [0.1, 0.15) is 30.1 Å². The van der Waals surface area contributed by atoms with Crippen LogP contribution in [0.3, 0.4) is 0 Å². The third-order valence-corrected chi connectivity index (χ3v) is 2.21. The van der Waals surface area contributed by atoms with E-state index in [0.29, 0.717) is 11.1 Å². The Morgan fingerprint density at radius 3 is 2.82 bits per heavy atom. The molecule has 1 saturated carbocycles. The topological polar surface area (TPSA) is 25.8 Å². The zero-order valence-corrected chi connectivity index (χ0v) is 7.10. The number of hydrogen-bond acceptors (Lipinski definition) is 2. The lowest BCUT2D eigenvalue weighted by molar-refractivity contribution is 0.984. The Balaban J connectivity index is 2.39. The molecule has 11 heavy (non-hydrogen) atoms. The van der Waals surface area contributed by atoms with Crippen molar-refractivity contribution in [3.8, 4) is 0 Å². The Morgan fingerprint density at radius 2 is 2.27 bits per heavy atom. The van der Waals surface area contributed by atoms with Gasteiger partial charge in [0.15, 0.2) is 0 Å². The van der Waals surface area contributed by atoms with Gasteiger partial charge in [-0.15, -0.1) is 0 Å². The molecular formula is C8H9ClN2. The van der Waals surface area contributed by atoms with E-state index in [2.05, 4.69) is 9.97 Å². The van der Waals surface area contributed by atoms with Crippen molar-refractivity contribution in [2.45, 2.75) is 25.7 Å². The monoisotopic (exact) mass is 168 g/mol. The predicted molar refractivity (Wildman–Crippen MR) is 43.8 cm³/mol. The number of rotatable bonds is 1. The molecule has 0 unspecified atom stereocenters. The first-order valence-corrected chi connectivity index (χ1v) is 4.14. The van der Waals surface area contributed by atoms with Crippen molar-refractivity contribution in [1.29, 1.82) is 0 Å². The molecule has 0 radical (unpaired) electrons. The van der Waals surface area contributed by atoms with Gasteiger partial charge in [-0.3, -0.25) is 0 Å². The summed E-state index contributed by atoms with van der Waals surface area (Å²) < 4.78 is 0. The molecule has 58 valence electrons. The molecule has 0 amide bonds. The second-order valence-electron chi connectivity index (χ2n) is 2.94. The van der Waals surface area contributed by atoms with Gasteiger partial charge in [-0.25, -0.2) is 9.97 Å². The third kappa shape index (κ3) is 1.36. The summed E-state index contributed by atoms with van der Waals surface area (Å²) in [5.41, 5.74) is 1.12. The van der Waals surface area contributed by atoms with E-state index >= 15 is 0 Å². The van der Waals surface area contributed by atoms with E-state index in [1.807, 2.05) is 13.1 Å². The fraction of sp³-hybridized carbons (Fsp3) is 0.500. The van der Waals surface area contributed by atoms with Gasteiger partial charge in [-0.1, -0.05) is 11.6 Å². The lowest BCUT2D eigenvalue weighted by Crippen LogP contribution is -1.92. The molecule has 0 spiro atoms. The average Bonchev–Trinajstić information content (AvgIpc) is 2.70. The highest BCUT2D eigenvalue weighted by atomic mass is 35.5. The molecule has 0 atom stereocenters. The molecule has 2 rings (SSSR count). The van der Waals surface area contributed by atoms with Crippen LogP contribution in [0, 0.1) is 6.92 Å². The minimum atomic E-state index is 0.639. The SMILES string of the molecule is Cc1ncc(C2CC2)c(Cl)n1. The van der Waals surface area contributed by atoms with Crippen molar-refractivity contribution >= 4 is 11.6 Å². The lowest BCUT2D eigenvalue weighted by atomic mass is 10.2. The molecule has 1 aromatic heterocycles. The number of halogens is 1. The molecule has 1 fully saturated rings. The van der Waals surface area contributed by atoms with Crippen molar-refractivity contribution in [2.24, 2.45) is 0 Å². The number of nitrogens with zero attached hydrogens (tertiary/aromatic N) is 2. The van der Waals surface area contributed by atoms with Crippen molar-refractivity contribution in [3.05, 3.63) is 22.7 Å². The van der Waals surface area contributed by atoms with E-state index in [1.54, 1.807) is 0 Å². The molecule has 1 aliphatic carbocycles. The summed E-state index contributed by atoms with van der Waals surface area (Å²) >= 11 is 5.91. The maximum atomic E-state index is 5.91. The molecule has 0 aliphatic heterocycles. The van der Waals surface area contributed by atoms with Gasteiger partial charge in [0, 0.05) is 11.8 Å². The second-order valence-corrected chi connectivity index (χ2v) is 3.30. The summed E-state index contributed by atoms with van der Waals surface area (Å²) in [6, 6.07) is 0. The molecule has 1 aromatic rings. The van der Waals surface area contributed by atoms with Crippen LogP contribution in [0.5, 0.6) is 0 Å². The Morgan fingerprint density at radius 1 is 1.55 bits per heavy atom. The average molecular weight is 169 g/mol. The van der Waals surface area contributed by atoms with Crippen LogP contribution in [-0.4, -0.2) is 9.97 Å². The van der Waals surface area contributed by atoms with Crippen molar-refractivity contribution < 1.29 is 0 Å². The largest absolute Gasteiger partial charge is 0.241 e. The fourth-order valence-electron chi connectivity index (χ4n) is 1.12. The van der Waals surface area contributed by atoms with Crippen LogP contribution in [0.15, 0.2) is 6.20 Å². The second kappa shape index (κ2) is 2.45. The third-order valence-electron chi connectivity index (χ3n) is 1.91. The van der Waals surface area contributed by atoms with Gasteiger partial charge >= 0.3 is 0 Å². The fourth-order valence-corrected chi connectivity index (χ4v) is 1.45. The summed E-state index contributed by atoms with van der Waals surface area (Å²) in [6.45, 7) is 1.85. The summed E-state index contributed by atoms with van der Waals surface area (Å²) in [7, 11) is 0. The van der Waals surface area contributed by atoms with E-state index in [1.165, 1.54) is 12.8 Å². The first-order chi connectivity index (χ1) is 5.27. The van der Waals surface area contributed by atoms with Gasteiger partial charge in [0.1, 0.15) is 11.0 Å². The summed E-state index contributed by atoms with van der Waals surface area (Å²) in [5, 5.41) is 0.639. The molecule has 0 saturated heterocycles. The van der Waals surface area contributed by atoms with Crippen LogP contribution in [-0.2, 0) is 0 Å². The first kappa shape index (κ1) is 7.04. The van der Waals surface area contributed by atoms with E-state index in [-0.39, 0.29) is 0 Å². The molecule has 2 nitrogen and oxygen atoms in total. The van der Waals surface area contributed by atoms with E-state index < -0.39 is 0 Å². The van der Waals surface area contributed by atoms with Crippen LogP contribution in [0.4, 0.5) is 0 Å². The first-order valence-electron chi connectivity index (χ1n) is 3.76. The molecule has 3 heteroatoms. The van der Waals surface area contributed by atoms with Gasteiger partial charge in [-0.2, -0.15) is 0 Å². The molecular weight excluding hydrogens is 160 g/mol. The van der Waals surface area contributed by atoms with Crippen molar-refractivity contribution in [3.63, 3.8) is 0 Å². The number of aromatic nitrogens is 2. The molecule has 0 bridgehead atoms. The highest BCUT2D eigenvalue weighted by Crippen LogP contribution is 2.42. The van der Waals surface area contributed by atoms with Gasteiger partial charge in [-0.05, 0) is 25.7 Å². The van der Waals surface area contributed by atoms with Crippen LogP contribution >= 0.6 is 11.6 Å². The Kier molecular flexibility index (Phi) is 1.57. The highest BCUT2D eigenvalue weighted by molar-refractivity contribution is 6.30. The van der Waals surface area contributed by atoms with Crippen molar-refractivity contribution in [2.75, 3.05) is 0 Å². The van der Waals surface area contributed by atoms with Crippen LogP contribution < -0.4 is 0 Å². The molecule has 0 N–H and O–H groups in total. The van der Waals surface area contributed by atoms with Gasteiger partial charge in [0.05, 0.1) is 0 Å². The highest BCUT2D eigenvalue weighted by Gasteiger charge is 2.26. The number of aryl methyl sites for hydroxylation is 1. The zero-order chi connectivity index (χ0) is 7.84. The molecule has 1 aliphatic rings. The van der Waals surface area contributed by atoms with Crippen LogP contribution in [0.25, 0.3) is 0 Å². The standard InChI is InChI=1S/C8H9ClN2/c1-5-10-4-7(6-2-3-6)8(9)11-5/h4,6H,2-3H2,1H3. The normalized spacial score (nSPS) is 16.9. The van der Waals surface area contributed by atoms with E-state index in [4.69, 9.17) is 11.6 Å². The Hall–Kier alpha value is -0.630. The summed E-state index contributed by atoms with van der Waals surface area (Å²) in [5.74, 6) is 1.39. The maximum absolute atomic E-state index is 5.91. The molecule has 1 heterocycles. The Labute approximate surface area is 70.6 Å². The maximum Gasteiger partial charge on any atom is 0.136 e. The summed E-state index contributed by atoms with van der Waals surface area (Å²) in [6.07, 6.45) is 4.33. The minimum Gasteiger partial charge on any atom is -0.241 e. The zero-order valence-electron chi connectivity index (χ0n) is 6.34. The van der Waals surface area contributed by atoms with Crippen LogP contribution in [0.2, 0.25) is 5.15 Å². The van der Waals surface area contributed by atoms with Gasteiger partial charge in [0.2, 0.25) is 0 Å². The number of hydrogen-bond donors (Lipinski definition) is 0. The quantitative estimate of drug-likeness (QED) is 0.602.